The predicted molar refractivity (Wildman–Crippen MR) is 70.8 cm³/mol. The van der Waals surface area contributed by atoms with Crippen LogP contribution in [0.2, 0.25) is 0 Å². The van der Waals surface area contributed by atoms with Crippen molar-refractivity contribution in [2.45, 2.75) is 26.3 Å². The number of nitrogens with zero attached hydrogens (tertiary/aromatic N) is 2. The van der Waals surface area contributed by atoms with Crippen molar-refractivity contribution in [1.29, 1.82) is 0 Å². The number of rotatable bonds is 5. The van der Waals surface area contributed by atoms with Gasteiger partial charge in [0.2, 0.25) is 15.9 Å². The maximum absolute atomic E-state index is 12.0. The Morgan fingerprint density at radius 2 is 1.83 bits per heavy atom. The summed E-state index contributed by atoms with van der Waals surface area (Å²) in [5, 5.41) is 3.19. The maximum atomic E-state index is 12.0. The maximum Gasteiger partial charge on any atom is 0.224 e. The molecule has 7 heteroatoms. The Hall–Kier alpha value is -0.660. The molecule has 1 aliphatic rings. The molecule has 0 radical (unpaired) electrons. The summed E-state index contributed by atoms with van der Waals surface area (Å²) >= 11 is 0. The SMILES string of the molecule is CCNC(C)CC(=O)N1CCN(S(C)(=O)=O)CC1. The van der Waals surface area contributed by atoms with Crippen LogP contribution in [0.1, 0.15) is 20.3 Å². The van der Waals surface area contributed by atoms with Crippen LogP contribution in [0.5, 0.6) is 0 Å². The minimum atomic E-state index is -3.12. The molecule has 106 valence electrons. The molecule has 0 spiro atoms. The lowest BCUT2D eigenvalue weighted by molar-refractivity contribution is -0.132. The van der Waals surface area contributed by atoms with E-state index in [1.165, 1.54) is 10.6 Å². The first kappa shape index (κ1) is 15.4. The normalized spacial score (nSPS) is 19.8. The third-order valence-electron chi connectivity index (χ3n) is 3.09. The van der Waals surface area contributed by atoms with Crippen molar-refractivity contribution >= 4 is 15.9 Å². The molecule has 1 unspecified atom stereocenters. The van der Waals surface area contributed by atoms with E-state index in [4.69, 9.17) is 0 Å². The van der Waals surface area contributed by atoms with Gasteiger partial charge >= 0.3 is 0 Å². The van der Waals surface area contributed by atoms with E-state index in [2.05, 4.69) is 5.32 Å². The monoisotopic (exact) mass is 277 g/mol. The first-order valence-corrected chi connectivity index (χ1v) is 8.15. The van der Waals surface area contributed by atoms with Gasteiger partial charge in [-0.3, -0.25) is 4.79 Å². The fourth-order valence-corrected chi connectivity index (χ4v) is 2.91. The summed E-state index contributed by atoms with van der Waals surface area (Å²) < 4.78 is 24.1. The average molecular weight is 277 g/mol. The molecular formula is C11H23N3O3S. The summed E-state index contributed by atoms with van der Waals surface area (Å²) in [5.41, 5.74) is 0. The van der Waals surface area contributed by atoms with Gasteiger partial charge in [0.25, 0.3) is 0 Å². The largest absolute Gasteiger partial charge is 0.340 e. The van der Waals surface area contributed by atoms with Crippen molar-refractivity contribution < 1.29 is 13.2 Å². The van der Waals surface area contributed by atoms with Crippen molar-refractivity contribution in [3.8, 4) is 0 Å². The topological polar surface area (TPSA) is 69.7 Å². The van der Waals surface area contributed by atoms with Crippen LogP contribution in [-0.4, -0.2) is 68.6 Å². The number of amides is 1. The van der Waals surface area contributed by atoms with E-state index in [1.54, 1.807) is 4.90 Å². The molecule has 6 nitrogen and oxygen atoms in total. The number of sulfonamides is 1. The highest BCUT2D eigenvalue weighted by molar-refractivity contribution is 7.88. The lowest BCUT2D eigenvalue weighted by Gasteiger charge is -2.33. The first-order chi connectivity index (χ1) is 8.34. The van der Waals surface area contributed by atoms with Crippen LogP contribution in [0.15, 0.2) is 0 Å². The molecule has 1 amide bonds. The Labute approximate surface area is 109 Å². The van der Waals surface area contributed by atoms with Gasteiger partial charge in [0.05, 0.1) is 6.26 Å². The zero-order chi connectivity index (χ0) is 13.8. The van der Waals surface area contributed by atoms with Crippen LogP contribution in [0.25, 0.3) is 0 Å². The third kappa shape index (κ3) is 4.55. The fraction of sp³-hybridized carbons (Fsp3) is 0.909. The standard InChI is InChI=1S/C11H23N3O3S/c1-4-12-10(2)9-11(15)13-5-7-14(8-6-13)18(3,16)17/h10,12H,4-9H2,1-3H3. The molecule has 0 aromatic carbocycles. The van der Waals surface area contributed by atoms with Crippen molar-refractivity contribution in [3.63, 3.8) is 0 Å². The Kier molecular flexibility index (Phi) is 5.55. The third-order valence-corrected chi connectivity index (χ3v) is 4.40. The number of hydrogen-bond donors (Lipinski definition) is 1. The molecular weight excluding hydrogens is 254 g/mol. The number of nitrogens with one attached hydrogen (secondary N) is 1. The van der Waals surface area contributed by atoms with Gasteiger partial charge in [0, 0.05) is 38.6 Å². The van der Waals surface area contributed by atoms with Gasteiger partial charge in [0.1, 0.15) is 0 Å². The van der Waals surface area contributed by atoms with Gasteiger partial charge in [0.15, 0.2) is 0 Å². The highest BCUT2D eigenvalue weighted by Gasteiger charge is 2.26. The van der Waals surface area contributed by atoms with Gasteiger partial charge in [-0.15, -0.1) is 0 Å². The van der Waals surface area contributed by atoms with E-state index in [0.717, 1.165) is 6.54 Å². The summed E-state index contributed by atoms with van der Waals surface area (Å²) in [6.45, 7) is 6.62. The van der Waals surface area contributed by atoms with Gasteiger partial charge in [-0.1, -0.05) is 6.92 Å². The Bertz CT molecular complexity index is 375. The lowest BCUT2D eigenvalue weighted by Crippen LogP contribution is -2.51. The molecule has 0 saturated carbocycles. The highest BCUT2D eigenvalue weighted by atomic mass is 32.2. The summed E-state index contributed by atoms with van der Waals surface area (Å²) in [6.07, 6.45) is 1.67. The molecule has 0 bridgehead atoms. The molecule has 0 aromatic rings. The van der Waals surface area contributed by atoms with E-state index in [9.17, 15) is 13.2 Å². The van der Waals surface area contributed by atoms with Crippen LogP contribution in [0.3, 0.4) is 0 Å². The van der Waals surface area contributed by atoms with E-state index in [0.29, 0.717) is 32.6 Å². The summed E-state index contributed by atoms with van der Waals surface area (Å²) in [5.74, 6) is 0.0941. The van der Waals surface area contributed by atoms with E-state index in [-0.39, 0.29) is 11.9 Å². The summed E-state index contributed by atoms with van der Waals surface area (Å²) in [4.78, 5) is 13.7. The molecule has 1 heterocycles. The van der Waals surface area contributed by atoms with Crippen LogP contribution in [-0.2, 0) is 14.8 Å². The van der Waals surface area contributed by atoms with Gasteiger partial charge in [-0.2, -0.15) is 4.31 Å². The fourth-order valence-electron chi connectivity index (χ4n) is 2.08. The summed E-state index contributed by atoms with van der Waals surface area (Å²) in [7, 11) is -3.12. The zero-order valence-corrected chi connectivity index (χ0v) is 12.2. The number of carbonyl (C=O) groups excluding carboxylic acids is 1. The second-order valence-electron chi connectivity index (χ2n) is 4.71. The second-order valence-corrected chi connectivity index (χ2v) is 6.69. The molecule has 1 fully saturated rings. The molecule has 1 saturated heterocycles. The second kappa shape index (κ2) is 6.49. The Balaban J connectivity index is 2.41. The van der Waals surface area contributed by atoms with E-state index < -0.39 is 10.0 Å². The Morgan fingerprint density at radius 3 is 2.28 bits per heavy atom. The minimum absolute atomic E-state index is 0.0941. The average Bonchev–Trinajstić information content (AvgIpc) is 2.28. The van der Waals surface area contributed by atoms with Crippen LogP contribution in [0, 0.1) is 0 Å². The van der Waals surface area contributed by atoms with Crippen LogP contribution < -0.4 is 5.32 Å². The zero-order valence-electron chi connectivity index (χ0n) is 11.3. The van der Waals surface area contributed by atoms with Gasteiger partial charge in [-0.05, 0) is 13.5 Å². The molecule has 18 heavy (non-hydrogen) atoms. The molecule has 1 aliphatic heterocycles. The van der Waals surface area contributed by atoms with E-state index in [1.807, 2.05) is 13.8 Å². The van der Waals surface area contributed by atoms with Crippen molar-refractivity contribution in [2.24, 2.45) is 0 Å². The van der Waals surface area contributed by atoms with Gasteiger partial charge in [-0.25, -0.2) is 8.42 Å². The predicted octanol–water partition coefficient (Wildman–Crippen LogP) is -0.522. The lowest BCUT2D eigenvalue weighted by atomic mass is 10.2. The van der Waals surface area contributed by atoms with Crippen molar-refractivity contribution in [2.75, 3.05) is 39.0 Å². The summed E-state index contributed by atoms with van der Waals surface area (Å²) in [6, 6.07) is 0.162. The number of hydrogen-bond acceptors (Lipinski definition) is 4. The minimum Gasteiger partial charge on any atom is -0.340 e. The smallest absolute Gasteiger partial charge is 0.224 e. The molecule has 1 rings (SSSR count). The van der Waals surface area contributed by atoms with Gasteiger partial charge < -0.3 is 10.2 Å². The molecule has 0 aromatic heterocycles. The molecule has 1 atom stereocenters. The quantitative estimate of drug-likeness (QED) is 0.734. The van der Waals surface area contributed by atoms with Crippen molar-refractivity contribution in [1.82, 2.24) is 14.5 Å². The number of carbonyl (C=O) groups is 1. The highest BCUT2D eigenvalue weighted by Crippen LogP contribution is 2.08. The Morgan fingerprint density at radius 1 is 1.28 bits per heavy atom. The van der Waals surface area contributed by atoms with Crippen molar-refractivity contribution in [3.05, 3.63) is 0 Å². The first-order valence-electron chi connectivity index (χ1n) is 6.31. The molecule has 1 N–H and O–H groups in total. The number of piperazine rings is 1. The molecule has 0 aliphatic carbocycles. The van der Waals surface area contributed by atoms with E-state index >= 15 is 0 Å². The van der Waals surface area contributed by atoms with Crippen LogP contribution >= 0.6 is 0 Å². The van der Waals surface area contributed by atoms with Crippen LogP contribution in [0.4, 0.5) is 0 Å².